The highest BCUT2D eigenvalue weighted by molar-refractivity contribution is 9.10. The van der Waals surface area contributed by atoms with Crippen molar-refractivity contribution in [2.75, 3.05) is 11.1 Å². The summed E-state index contributed by atoms with van der Waals surface area (Å²) in [6, 6.07) is 7.35. The monoisotopic (exact) mass is 420 g/mol. The Morgan fingerprint density at radius 3 is 2.61 bits per heavy atom. The molecule has 1 amide bonds. The van der Waals surface area contributed by atoms with Gasteiger partial charge in [0.05, 0.1) is 5.75 Å². The maximum Gasteiger partial charge on any atom is 0.277 e. The molecule has 1 aromatic carbocycles. The summed E-state index contributed by atoms with van der Waals surface area (Å²) in [6.07, 6.45) is 0. The normalized spacial score (nSPS) is 11.9. The average molecular weight is 422 g/mol. The van der Waals surface area contributed by atoms with E-state index in [0.717, 1.165) is 10.2 Å². The molecule has 0 spiro atoms. The van der Waals surface area contributed by atoms with Crippen LogP contribution in [-0.4, -0.2) is 21.9 Å². The minimum absolute atomic E-state index is 0. The number of thioether (sulfide) groups is 1. The highest BCUT2D eigenvalue weighted by Gasteiger charge is 2.21. The van der Waals surface area contributed by atoms with Gasteiger partial charge in [0.2, 0.25) is 5.91 Å². The highest BCUT2D eigenvalue weighted by atomic mass is 79.9. The van der Waals surface area contributed by atoms with Gasteiger partial charge >= 0.3 is 0 Å². The van der Waals surface area contributed by atoms with Crippen LogP contribution in [0.25, 0.3) is 0 Å². The minimum atomic E-state index is -0.123. The quantitative estimate of drug-likeness (QED) is 0.614. The second-order valence-electron chi connectivity index (χ2n) is 5.10. The van der Waals surface area contributed by atoms with Crippen LogP contribution in [-0.2, 0) is 4.79 Å². The summed E-state index contributed by atoms with van der Waals surface area (Å²) in [5.41, 5.74) is 4.74. The Bertz CT molecular complexity index is 636. The number of rotatable bonds is 6. The van der Waals surface area contributed by atoms with E-state index in [1.807, 2.05) is 38.1 Å². The van der Waals surface area contributed by atoms with Crippen LogP contribution < -0.4 is 23.5 Å². The van der Waals surface area contributed by atoms with Gasteiger partial charge in [0, 0.05) is 16.1 Å². The maximum atomic E-state index is 11.9. The number of quaternary nitrogens is 1. The lowest BCUT2D eigenvalue weighted by atomic mass is 10.1. The van der Waals surface area contributed by atoms with Crippen molar-refractivity contribution in [2.45, 2.75) is 25.1 Å². The van der Waals surface area contributed by atoms with E-state index in [1.54, 1.807) is 0 Å². The molecule has 1 atom stereocenters. The molecule has 0 aliphatic rings. The largest absolute Gasteiger partial charge is 1.00 e. The molecule has 4 N–H and O–H groups in total. The zero-order valence-corrected chi connectivity index (χ0v) is 15.9. The standard InChI is InChI=1S/C14H17BrN4O2S.ClH/c1-8(2)12(16)13-18-19-14(21-13)22-7-11(20)17-10-5-3-9(15)4-6-10;/h3-6,8,12H,7,16H2,1-2H3,(H,17,20);1H/t12-;/m0./s1. The van der Waals surface area contributed by atoms with E-state index in [-0.39, 0.29) is 30.1 Å². The molecule has 23 heavy (non-hydrogen) atoms. The van der Waals surface area contributed by atoms with Crippen molar-refractivity contribution in [3.8, 4) is 0 Å². The lowest BCUT2D eigenvalue weighted by Gasteiger charge is -2.06. The summed E-state index contributed by atoms with van der Waals surface area (Å²) in [5, 5.41) is 11.1. The molecule has 0 aliphatic heterocycles. The molecule has 2 rings (SSSR count). The van der Waals surface area contributed by atoms with Gasteiger partial charge in [0.1, 0.15) is 0 Å². The molecular weight excluding hydrogens is 404 g/mol. The molecule has 0 fully saturated rings. The summed E-state index contributed by atoms with van der Waals surface area (Å²) in [6.45, 7) is 4.08. The number of benzene rings is 1. The van der Waals surface area contributed by atoms with Gasteiger partial charge in [-0.25, -0.2) is 0 Å². The first-order valence-corrected chi connectivity index (χ1v) is 8.58. The molecule has 126 valence electrons. The molecule has 0 radical (unpaired) electrons. The van der Waals surface area contributed by atoms with Crippen molar-refractivity contribution >= 4 is 39.3 Å². The third kappa shape index (κ3) is 6.14. The zero-order chi connectivity index (χ0) is 16.1. The topological polar surface area (TPSA) is 95.7 Å². The van der Waals surface area contributed by atoms with Crippen LogP contribution in [0.2, 0.25) is 0 Å². The molecule has 0 saturated carbocycles. The molecule has 1 heterocycles. The molecule has 0 aliphatic carbocycles. The second kappa shape index (κ2) is 9.27. The van der Waals surface area contributed by atoms with Crippen LogP contribution in [0.5, 0.6) is 0 Å². The van der Waals surface area contributed by atoms with Gasteiger partial charge in [-0.1, -0.05) is 41.5 Å². The lowest BCUT2D eigenvalue weighted by molar-refractivity contribution is -0.443. The first-order valence-electron chi connectivity index (χ1n) is 6.80. The molecule has 6 nitrogen and oxygen atoms in total. The fourth-order valence-electron chi connectivity index (χ4n) is 1.57. The highest BCUT2D eigenvalue weighted by Crippen LogP contribution is 2.21. The number of hydrogen-bond acceptors (Lipinski definition) is 5. The number of anilines is 1. The Labute approximate surface area is 153 Å². The van der Waals surface area contributed by atoms with Gasteiger partial charge < -0.3 is 27.9 Å². The van der Waals surface area contributed by atoms with E-state index >= 15 is 0 Å². The first kappa shape index (κ1) is 20.0. The summed E-state index contributed by atoms with van der Waals surface area (Å²) in [7, 11) is 0. The Kier molecular flexibility index (Phi) is 8.04. The van der Waals surface area contributed by atoms with E-state index < -0.39 is 0 Å². The number of halogens is 2. The predicted octanol–water partition coefficient (Wildman–Crippen LogP) is -0.494. The van der Waals surface area contributed by atoms with Crippen LogP contribution in [0.1, 0.15) is 25.8 Å². The van der Waals surface area contributed by atoms with Crippen LogP contribution in [0, 0.1) is 5.92 Å². The van der Waals surface area contributed by atoms with Crippen LogP contribution in [0.4, 0.5) is 5.69 Å². The van der Waals surface area contributed by atoms with Crippen LogP contribution >= 0.6 is 27.7 Å². The average Bonchev–Trinajstić information content (AvgIpc) is 2.95. The predicted molar refractivity (Wildman–Crippen MR) is 88.3 cm³/mol. The van der Waals surface area contributed by atoms with Crippen molar-refractivity contribution in [1.82, 2.24) is 10.2 Å². The fraction of sp³-hybridized carbons (Fsp3) is 0.357. The zero-order valence-electron chi connectivity index (χ0n) is 12.8. The number of carbonyl (C=O) groups is 1. The van der Waals surface area contributed by atoms with Gasteiger partial charge in [-0.3, -0.25) is 4.79 Å². The fourth-order valence-corrected chi connectivity index (χ4v) is 2.41. The van der Waals surface area contributed by atoms with Crippen molar-refractivity contribution in [3.05, 3.63) is 34.6 Å². The Balaban J connectivity index is 0.00000264. The molecule has 0 bridgehead atoms. The van der Waals surface area contributed by atoms with Gasteiger partial charge in [0.15, 0.2) is 6.04 Å². The van der Waals surface area contributed by atoms with Crippen molar-refractivity contribution in [1.29, 1.82) is 0 Å². The Morgan fingerprint density at radius 2 is 2.00 bits per heavy atom. The number of nitrogens with zero attached hydrogens (tertiary/aromatic N) is 2. The number of hydrogen-bond donors (Lipinski definition) is 2. The summed E-state index contributed by atoms with van der Waals surface area (Å²) in [4.78, 5) is 11.9. The number of nitrogens with one attached hydrogen (secondary N) is 1. The second-order valence-corrected chi connectivity index (χ2v) is 6.94. The first-order chi connectivity index (χ1) is 10.5. The Hall–Kier alpha value is -1.09. The summed E-state index contributed by atoms with van der Waals surface area (Å²) >= 11 is 4.56. The van der Waals surface area contributed by atoms with Crippen molar-refractivity contribution in [2.24, 2.45) is 5.92 Å². The van der Waals surface area contributed by atoms with E-state index in [4.69, 9.17) is 4.42 Å². The number of amides is 1. The van der Waals surface area contributed by atoms with Crippen LogP contribution in [0.3, 0.4) is 0 Å². The summed E-state index contributed by atoms with van der Waals surface area (Å²) < 4.78 is 6.48. The van der Waals surface area contributed by atoms with Gasteiger partial charge in [0.25, 0.3) is 11.1 Å². The van der Waals surface area contributed by atoms with E-state index in [0.29, 0.717) is 17.0 Å². The van der Waals surface area contributed by atoms with Gasteiger partial charge in [-0.2, -0.15) is 0 Å². The maximum absolute atomic E-state index is 11.9. The lowest BCUT2D eigenvalue weighted by Crippen LogP contribution is -3.00. The molecule has 0 saturated heterocycles. The minimum Gasteiger partial charge on any atom is -1.00 e. The SMILES string of the molecule is CC(C)[C@H]([NH3+])c1nnc(SCC(=O)Nc2ccc(Br)cc2)o1.[Cl-]. The Morgan fingerprint density at radius 1 is 1.35 bits per heavy atom. The summed E-state index contributed by atoms with van der Waals surface area (Å²) in [5.74, 6) is 0.910. The molecule has 1 aromatic heterocycles. The van der Waals surface area contributed by atoms with E-state index in [2.05, 4.69) is 37.2 Å². The van der Waals surface area contributed by atoms with Crippen LogP contribution in [0.15, 0.2) is 38.4 Å². The van der Waals surface area contributed by atoms with Gasteiger partial charge in [-0.05, 0) is 24.3 Å². The smallest absolute Gasteiger partial charge is 0.277 e. The number of carbonyl (C=O) groups excluding carboxylic acids is 1. The van der Waals surface area contributed by atoms with E-state index in [1.165, 1.54) is 11.8 Å². The number of aromatic nitrogens is 2. The molecular formula is C14H18BrClN4O2S. The van der Waals surface area contributed by atoms with E-state index in [9.17, 15) is 4.79 Å². The molecule has 9 heteroatoms. The third-order valence-electron chi connectivity index (χ3n) is 3.00. The molecule has 2 aromatic rings. The van der Waals surface area contributed by atoms with Crippen molar-refractivity contribution < 1.29 is 27.4 Å². The van der Waals surface area contributed by atoms with Gasteiger partial charge in [-0.15, -0.1) is 10.2 Å². The van der Waals surface area contributed by atoms with Crippen molar-refractivity contribution in [3.63, 3.8) is 0 Å². The molecule has 0 unspecified atom stereocenters. The third-order valence-corrected chi connectivity index (χ3v) is 4.35.